The first kappa shape index (κ1) is 18.5. The monoisotopic (exact) mass is 352 g/mol. The molecule has 0 unspecified atom stereocenters. The summed E-state index contributed by atoms with van der Waals surface area (Å²) < 4.78 is 5.39. The van der Waals surface area contributed by atoms with Crippen molar-refractivity contribution < 1.29 is 9.53 Å². The van der Waals surface area contributed by atoms with Gasteiger partial charge in [0.25, 0.3) is 5.91 Å². The third kappa shape index (κ3) is 5.09. The topological polar surface area (TPSA) is 41.6 Å². The molecule has 0 spiro atoms. The van der Waals surface area contributed by atoms with Crippen molar-refractivity contribution in [2.45, 2.75) is 26.8 Å². The van der Waals surface area contributed by atoms with Crippen molar-refractivity contribution in [2.24, 2.45) is 5.92 Å². The third-order valence-electron chi connectivity index (χ3n) is 4.63. The first-order chi connectivity index (χ1) is 12.6. The number of nitrogens with zero attached hydrogens (tertiary/aromatic N) is 1. The summed E-state index contributed by atoms with van der Waals surface area (Å²) in [6, 6.07) is 16.3. The third-order valence-corrected chi connectivity index (χ3v) is 4.63. The minimum Gasteiger partial charge on any atom is -0.378 e. The number of amides is 1. The van der Waals surface area contributed by atoms with E-state index < -0.39 is 0 Å². The molecule has 0 bridgehead atoms. The van der Waals surface area contributed by atoms with E-state index in [-0.39, 0.29) is 5.91 Å². The van der Waals surface area contributed by atoms with Gasteiger partial charge in [0.2, 0.25) is 0 Å². The number of rotatable bonds is 6. The summed E-state index contributed by atoms with van der Waals surface area (Å²) in [6.45, 7) is 8.37. The van der Waals surface area contributed by atoms with E-state index in [9.17, 15) is 4.79 Å². The Labute approximate surface area is 156 Å². The maximum atomic E-state index is 12.3. The summed E-state index contributed by atoms with van der Waals surface area (Å²) in [5, 5.41) is 3.00. The maximum absolute atomic E-state index is 12.3. The molecule has 0 atom stereocenters. The molecule has 1 amide bonds. The van der Waals surface area contributed by atoms with E-state index >= 15 is 0 Å². The van der Waals surface area contributed by atoms with Gasteiger partial charge in [-0.15, -0.1) is 0 Å². The number of anilines is 1. The molecular formula is C22H28N2O2. The van der Waals surface area contributed by atoms with Gasteiger partial charge in [0.1, 0.15) is 0 Å². The van der Waals surface area contributed by atoms with Gasteiger partial charge in [-0.2, -0.15) is 0 Å². The van der Waals surface area contributed by atoms with Crippen LogP contribution in [0.2, 0.25) is 0 Å². The quantitative estimate of drug-likeness (QED) is 0.863. The molecular weight excluding hydrogens is 324 g/mol. The van der Waals surface area contributed by atoms with E-state index in [4.69, 9.17) is 4.74 Å². The molecule has 1 saturated heterocycles. The maximum Gasteiger partial charge on any atom is 0.251 e. The van der Waals surface area contributed by atoms with Gasteiger partial charge in [0, 0.05) is 30.9 Å². The Kier molecular flexibility index (Phi) is 6.29. The number of morpholine rings is 1. The van der Waals surface area contributed by atoms with Crippen molar-refractivity contribution in [3.8, 4) is 0 Å². The lowest BCUT2D eigenvalue weighted by Gasteiger charge is -2.28. The fourth-order valence-corrected chi connectivity index (χ4v) is 3.19. The summed E-state index contributed by atoms with van der Waals surface area (Å²) in [4.78, 5) is 14.7. The van der Waals surface area contributed by atoms with Gasteiger partial charge in [-0.3, -0.25) is 4.79 Å². The molecule has 4 heteroatoms. The summed E-state index contributed by atoms with van der Waals surface area (Å²) in [7, 11) is 0. The molecule has 3 rings (SSSR count). The van der Waals surface area contributed by atoms with E-state index in [1.165, 1.54) is 11.3 Å². The number of hydrogen-bond acceptors (Lipinski definition) is 3. The molecule has 4 nitrogen and oxygen atoms in total. The Balaban J connectivity index is 1.52. The lowest BCUT2D eigenvalue weighted by molar-refractivity contribution is 0.0951. The second-order valence-corrected chi connectivity index (χ2v) is 7.24. The fraction of sp³-hybridized carbons (Fsp3) is 0.409. The van der Waals surface area contributed by atoms with Crippen LogP contribution in [0.4, 0.5) is 5.69 Å². The van der Waals surface area contributed by atoms with Crippen LogP contribution in [0.1, 0.15) is 35.3 Å². The van der Waals surface area contributed by atoms with Crippen LogP contribution in [0.25, 0.3) is 0 Å². The minimum absolute atomic E-state index is 0.0293. The van der Waals surface area contributed by atoms with Gasteiger partial charge >= 0.3 is 0 Å². The summed E-state index contributed by atoms with van der Waals surface area (Å²) in [6.07, 6.45) is 1.04. The van der Waals surface area contributed by atoms with E-state index in [2.05, 4.69) is 48.3 Å². The van der Waals surface area contributed by atoms with Crippen molar-refractivity contribution in [2.75, 3.05) is 31.2 Å². The molecule has 2 aromatic carbocycles. The fourth-order valence-electron chi connectivity index (χ4n) is 3.19. The lowest BCUT2D eigenvalue weighted by atomic mass is 10.0. The van der Waals surface area contributed by atoms with Gasteiger partial charge in [-0.25, -0.2) is 0 Å². The standard InChI is InChI=1S/C22H28N2O2/c1-17(2)15-18-3-7-20(8-4-18)22(25)23-16-19-5-9-21(10-6-19)24-11-13-26-14-12-24/h3-10,17H,11-16H2,1-2H3,(H,23,25). The van der Waals surface area contributed by atoms with Crippen molar-refractivity contribution >= 4 is 11.6 Å². The van der Waals surface area contributed by atoms with Crippen LogP contribution in [0.3, 0.4) is 0 Å². The molecule has 1 N–H and O–H groups in total. The number of hydrogen-bond donors (Lipinski definition) is 1. The molecule has 1 heterocycles. The zero-order valence-electron chi connectivity index (χ0n) is 15.7. The molecule has 0 aliphatic carbocycles. The number of carbonyl (C=O) groups excluding carboxylic acids is 1. The second-order valence-electron chi connectivity index (χ2n) is 7.24. The van der Waals surface area contributed by atoms with Crippen molar-refractivity contribution in [1.82, 2.24) is 5.32 Å². The summed E-state index contributed by atoms with van der Waals surface area (Å²) >= 11 is 0. The van der Waals surface area contributed by atoms with Gasteiger partial charge in [-0.1, -0.05) is 38.1 Å². The summed E-state index contributed by atoms with van der Waals surface area (Å²) in [5.74, 6) is 0.591. The zero-order chi connectivity index (χ0) is 18.4. The Morgan fingerprint density at radius 2 is 1.62 bits per heavy atom. The van der Waals surface area contributed by atoms with Crippen LogP contribution in [0.5, 0.6) is 0 Å². The highest BCUT2D eigenvalue weighted by atomic mass is 16.5. The van der Waals surface area contributed by atoms with Gasteiger partial charge < -0.3 is 15.0 Å². The van der Waals surface area contributed by atoms with Crippen molar-refractivity contribution in [1.29, 1.82) is 0 Å². The Morgan fingerprint density at radius 1 is 1.00 bits per heavy atom. The Bertz CT molecular complexity index is 702. The molecule has 1 aliphatic heterocycles. The Morgan fingerprint density at radius 3 is 2.23 bits per heavy atom. The molecule has 0 saturated carbocycles. The van der Waals surface area contributed by atoms with Crippen LogP contribution in [-0.2, 0) is 17.7 Å². The molecule has 1 fully saturated rings. The number of benzene rings is 2. The average molecular weight is 352 g/mol. The molecule has 26 heavy (non-hydrogen) atoms. The normalized spacial score (nSPS) is 14.5. The predicted molar refractivity (Wildman–Crippen MR) is 106 cm³/mol. The minimum atomic E-state index is -0.0293. The Hall–Kier alpha value is -2.33. The van der Waals surface area contributed by atoms with E-state index in [1.54, 1.807) is 0 Å². The van der Waals surface area contributed by atoms with Crippen molar-refractivity contribution in [3.05, 3.63) is 65.2 Å². The van der Waals surface area contributed by atoms with Crippen LogP contribution in [0.15, 0.2) is 48.5 Å². The van der Waals surface area contributed by atoms with Crippen molar-refractivity contribution in [3.63, 3.8) is 0 Å². The number of ether oxygens (including phenoxy) is 1. The second kappa shape index (κ2) is 8.86. The largest absolute Gasteiger partial charge is 0.378 e. The lowest BCUT2D eigenvalue weighted by Crippen LogP contribution is -2.36. The van der Waals surface area contributed by atoms with Gasteiger partial charge in [0.15, 0.2) is 0 Å². The highest BCUT2D eigenvalue weighted by molar-refractivity contribution is 5.94. The highest BCUT2D eigenvalue weighted by Crippen LogP contribution is 2.17. The van der Waals surface area contributed by atoms with E-state index in [0.717, 1.165) is 38.3 Å². The van der Waals surface area contributed by atoms with Crippen LogP contribution >= 0.6 is 0 Å². The summed E-state index contributed by atoms with van der Waals surface area (Å²) in [5.41, 5.74) is 4.30. The van der Waals surface area contributed by atoms with E-state index in [0.29, 0.717) is 18.0 Å². The predicted octanol–water partition coefficient (Wildman–Crippen LogP) is 3.65. The molecule has 0 radical (unpaired) electrons. The van der Waals surface area contributed by atoms with E-state index in [1.807, 2.05) is 24.3 Å². The molecule has 0 aromatic heterocycles. The molecule has 2 aromatic rings. The first-order valence-corrected chi connectivity index (χ1v) is 9.40. The van der Waals surface area contributed by atoms with Crippen LogP contribution in [-0.4, -0.2) is 32.2 Å². The van der Waals surface area contributed by atoms with Crippen LogP contribution < -0.4 is 10.2 Å². The zero-order valence-corrected chi connectivity index (χ0v) is 15.7. The molecule has 1 aliphatic rings. The first-order valence-electron chi connectivity index (χ1n) is 9.40. The number of carbonyl (C=O) groups is 1. The van der Waals surface area contributed by atoms with Gasteiger partial charge in [0.05, 0.1) is 13.2 Å². The van der Waals surface area contributed by atoms with Crippen LogP contribution in [0, 0.1) is 5.92 Å². The SMILES string of the molecule is CC(C)Cc1ccc(C(=O)NCc2ccc(N3CCOCC3)cc2)cc1. The molecule has 138 valence electrons. The highest BCUT2D eigenvalue weighted by Gasteiger charge is 2.11. The average Bonchev–Trinajstić information content (AvgIpc) is 2.67. The number of nitrogens with one attached hydrogen (secondary N) is 1. The van der Waals surface area contributed by atoms with Gasteiger partial charge in [-0.05, 0) is 47.7 Å². The smallest absolute Gasteiger partial charge is 0.251 e.